The van der Waals surface area contributed by atoms with Crippen LogP contribution >= 0.6 is 0 Å². The summed E-state index contributed by atoms with van der Waals surface area (Å²) < 4.78 is 1.80. The average Bonchev–Trinajstić information content (AvgIpc) is 3.07. The molecular formula is C19H23N5. The van der Waals surface area contributed by atoms with E-state index in [0.29, 0.717) is 0 Å². The standard InChI is InChI=1S/C19H23N5/c1-15-9-11-17(12-10-15)24-18(21-22-23-24)19(2,3)20-14-13-16-7-5-4-6-8-16/h4-12,20H,13-14H2,1-3H3. The summed E-state index contributed by atoms with van der Waals surface area (Å²) in [6, 6.07) is 18.7. The van der Waals surface area contributed by atoms with Crippen LogP contribution in [0.25, 0.3) is 5.69 Å². The molecule has 1 heterocycles. The number of aryl methyl sites for hydroxylation is 1. The molecule has 0 saturated carbocycles. The van der Waals surface area contributed by atoms with E-state index in [9.17, 15) is 0 Å². The average molecular weight is 321 g/mol. The molecule has 5 nitrogen and oxygen atoms in total. The zero-order chi connectivity index (χ0) is 17.0. The fraction of sp³-hybridized carbons (Fsp3) is 0.316. The third kappa shape index (κ3) is 3.68. The number of benzene rings is 2. The van der Waals surface area contributed by atoms with Gasteiger partial charge in [0, 0.05) is 6.54 Å². The van der Waals surface area contributed by atoms with E-state index >= 15 is 0 Å². The van der Waals surface area contributed by atoms with E-state index in [-0.39, 0.29) is 5.54 Å². The van der Waals surface area contributed by atoms with E-state index in [0.717, 1.165) is 24.5 Å². The first kappa shape index (κ1) is 16.3. The van der Waals surface area contributed by atoms with E-state index in [2.05, 4.69) is 78.0 Å². The van der Waals surface area contributed by atoms with Crippen molar-refractivity contribution in [3.05, 3.63) is 71.5 Å². The van der Waals surface area contributed by atoms with Crippen LogP contribution in [0.3, 0.4) is 0 Å². The highest BCUT2D eigenvalue weighted by Gasteiger charge is 2.27. The van der Waals surface area contributed by atoms with Crippen LogP contribution in [0.15, 0.2) is 54.6 Å². The van der Waals surface area contributed by atoms with Gasteiger partial charge in [-0.3, -0.25) is 0 Å². The normalized spacial score (nSPS) is 11.6. The predicted molar refractivity (Wildman–Crippen MR) is 95.1 cm³/mol. The third-order valence-electron chi connectivity index (χ3n) is 4.13. The molecule has 0 radical (unpaired) electrons. The van der Waals surface area contributed by atoms with E-state index < -0.39 is 0 Å². The zero-order valence-corrected chi connectivity index (χ0v) is 14.4. The van der Waals surface area contributed by atoms with Gasteiger partial charge in [-0.1, -0.05) is 48.0 Å². The number of aromatic nitrogens is 4. The van der Waals surface area contributed by atoms with Crippen LogP contribution in [-0.4, -0.2) is 26.8 Å². The number of hydrogen-bond acceptors (Lipinski definition) is 4. The summed E-state index contributed by atoms with van der Waals surface area (Å²) in [5.41, 5.74) is 3.18. The van der Waals surface area contributed by atoms with Crippen LogP contribution in [0.2, 0.25) is 0 Å². The topological polar surface area (TPSA) is 55.6 Å². The van der Waals surface area contributed by atoms with Gasteiger partial charge in [0.1, 0.15) is 0 Å². The van der Waals surface area contributed by atoms with Gasteiger partial charge in [0.15, 0.2) is 5.82 Å². The fourth-order valence-corrected chi connectivity index (χ4v) is 2.68. The summed E-state index contributed by atoms with van der Waals surface area (Å²) in [6.07, 6.45) is 0.969. The van der Waals surface area contributed by atoms with Crippen molar-refractivity contribution in [3.63, 3.8) is 0 Å². The molecule has 0 amide bonds. The van der Waals surface area contributed by atoms with Crippen molar-refractivity contribution < 1.29 is 0 Å². The molecule has 0 aliphatic rings. The second kappa shape index (κ2) is 6.93. The molecule has 3 aromatic rings. The molecular weight excluding hydrogens is 298 g/mol. The van der Waals surface area contributed by atoms with Crippen molar-refractivity contribution in [1.82, 2.24) is 25.5 Å². The summed E-state index contributed by atoms with van der Waals surface area (Å²) in [5.74, 6) is 0.805. The van der Waals surface area contributed by atoms with Gasteiger partial charge in [-0.2, -0.15) is 4.68 Å². The van der Waals surface area contributed by atoms with Crippen molar-refractivity contribution in [1.29, 1.82) is 0 Å². The molecule has 3 rings (SSSR count). The van der Waals surface area contributed by atoms with E-state index in [1.807, 2.05) is 18.2 Å². The second-order valence-electron chi connectivity index (χ2n) is 6.54. The molecule has 1 N–H and O–H groups in total. The Morgan fingerprint density at radius 2 is 1.71 bits per heavy atom. The maximum atomic E-state index is 4.25. The first-order chi connectivity index (χ1) is 11.6. The number of nitrogens with one attached hydrogen (secondary N) is 1. The van der Waals surface area contributed by atoms with Crippen molar-refractivity contribution in [2.24, 2.45) is 0 Å². The van der Waals surface area contributed by atoms with Crippen LogP contribution in [0.5, 0.6) is 0 Å². The van der Waals surface area contributed by atoms with Crippen LogP contribution < -0.4 is 5.32 Å². The molecule has 5 heteroatoms. The summed E-state index contributed by atoms with van der Waals surface area (Å²) in [5, 5.41) is 15.9. The molecule has 0 atom stereocenters. The molecule has 24 heavy (non-hydrogen) atoms. The van der Waals surface area contributed by atoms with Gasteiger partial charge in [0.2, 0.25) is 0 Å². The van der Waals surface area contributed by atoms with E-state index in [1.54, 1.807) is 4.68 Å². The number of tetrazole rings is 1. The first-order valence-corrected chi connectivity index (χ1v) is 8.21. The van der Waals surface area contributed by atoms with Crippen molar-refractivity contribution in [3.8, 4) is 5.69 Å². The maximum absolute atomic E-state index is 4.25. The Morgan fingerprint density at radius 1 is 1.00 bits per heavy atom. The Balaban J connectivity index is 1.73. The van der Waals surface area contributed by atoms with Gasteiger partial charge < -0.3 is 5.32 Å². The molecule has 0 unspecified atom stereocenters. The number of rotatable bonds is 6. The largest absolute Gasteiger partial charge is 0.305 e. The van der Waals surface area contributed by atoms with Crippen LogP contribution in [0.1, 0.15) is 30.8 Å². The first-order valence-electron chi connectivity index (χ1n) is 8.21. The van der Waals surface area contributed by atoms with Crippen molar-refractivity contribution >= 4 is 0 Å². The molecule has 0 aliphatic carbocycles. The third-order valence-corrected chi connectivity index (χ3v) is 4.13. The van der Waals surface area contributed by atoms with Crippen LogP contribution in [0, 0.1) is 6.92 Å². The highest BCUT2D eigenvalue weighted by atomic mass is 15.6. The highest BCUT2D eigenvalue weighted by Crippen LogP contribution is 2.20. The van der Waals surface area contributed by atoms with Gasteiger partial charge in [-0.05, 0) is 55.3 Å². The van der Waals surface area contributed by atoms with Crippen LogP contribution in [-0.2, 0) is 12.0 Å². The minimum Gasteiger partial charge on any atom is -0.305 e. The van der Waals surface area contributed by atoms with Gasteiger partial charge in [0.25, 0.3) is 0 Å². The van der Waals surface area contributed by atoms with Crippen molar-refractivity contribution in [2.45, 2.75) is 32.7 Å². The highest BCUT2D eigenvalue weighted by molar-refractivity contribution is 5.34. The number of hydrogen-bond donors (Lipinski definition) is 1. The molecule has 0 saturated heterocycles. The predicted octanol–water partition coefficient (Wildman–Crippen LogP) is 3.04. The van der Waals surface area contributed by atoms with Gasteiger partial charge >= 0.3 is 0 Å². The van der Waals surface area contributed by atoms with Crippen LogP contribution in [0.4, 0.5) is 0 Å². The summed E-state index contributed by atoms with van der Waals surface area (Å²) in [4.78, 5) is 0. The zero-order valence-electron chi connectivity index (χ0n) is 14.4. The van der Waals surface area contributed by atoms with Gasteiger partial charge in [-0.25, -0.2) is 0 Å². The lowest BCUT2D eigenvalue weighted by Crippen LogP contribution is -2.40. The molecule has 0 aliphatic heterocycles. The number of nitrogens with zero attached hydrogens (tertiary/aromatic N) is 4. The maximum Gasteiger partial charge on any atom is 0.176 e. The van der Waals surface area contributed by atoms with Crippen molar-refractivity contribution in [2.75, 3.05) is 6.54 Å². The van der Waals surface area contributed by atoms with E-state index in [4.69, 9.17) is 0 Å². The summed E-state index contributed by atoms with van der Waals surface area (Å²) in [6.45, 7) is 7.14. The minimum atomic E-state index is -0.330. The Kier molecular flexibility index (Phi) is 4.71. The fourth-order valence-electron chi connectivity index (χ4n) is 2.68. The summed E-state index contributed by atoms with van der Waals surface area (Å²) >= 11 is 0. The second-order valence-corrected chi connectivity index (χ2v) is 6.54. The monoisotopic (exact) mass is 321 g/mol. The lowest BCUT2D eigenvalue weighted by Gasteiger charge is -2.25. The molecule has 1 aromatic heterocycles. The lowest BCUT2D eigenvalue weighted by atomic mass is 10.0. The summed E-state index contributed by atoms with van der Waals surface area (Å²) in [7, 11) is 0. The molecule has 124 valence electrons. The Hall–Kier alpha value is -2.53. The molecule has 2 aromatic carbocycles. The SMILES string of the molecule is Cc1ccc(-n2nnnc2C(C)(C)NCCc2ccccc2)cc1. The molecule has 0 bridgehead atoms. The minimum absolute atomic E-state index is 0.330. The van der Waals surface area contributed by atoms with Gasteiger partial charge in [-0.15, -0.1) is 5.10 Å². The van der Waals surface area contributed by atoms with Gasteiger partial charge in [0.05, 0.1) is 11.2 Å². The van der Waals surface area contributed by atoms with E-state index in [1.165, 1.54) is 11.1 Å². The Morgan fingerprint density at radius 3 is 2.42 bits per heavy atom. The Labute approximate surface area is 142 Å². The quantitative estimate of drug-likeness (QED) is 0.758. The molecule has 0 spiro atoms. The molecule has 0 fully saturated rings. The Bertz CT molecular complexity index is 775. The smallest absolute Gasteiger partial charge is 0.176 e. The lowest BCUT2D eigenvalue weighted by molar-refractivity contribution is 0.375.